The Morgan fingerprint density at radius 2 is 1.84 bits per heavy atom. The van der Waals surface area contributed by atoms with E-state index in [4.69, 9.17) is 32.7 Å². The van der Waals surface area contributed by atoms with E-state index >= 15 is 0 Å². The first-order valence-corrected chi connectivity index (χ1v) is 7.68. The molecule has 2 aromatic carbocycles. The van der Waals surface area contributed by atoms with Crippen molar-refractivity contribution in [3.8, 4) is 0 Å². The zero-order valence-electron chi connectivity index (χ0n) is 12.4. The SMILES string of the molecule is O=C(O)c1cccc(NC(=O)c2cc3cc(Cl)cc(Cl)c3oc2=O)c1. The average Bonchev–Trinajstić information content (AvgIpc) is 2.55. The van der Waals surface area contributed by atoms with Crippen molar-refractivity contribution in [2.24, 2.45) is 0 Å². The summed E-state index contributed by atoms with van der Waals surface area (Å²) >= 11 is 11.9. The van der Waals surface area contributed by atoms with Gasteiger partial charge in [-0.3, -0.25) is 4.79 Å². The van der Waals surface area contributed by atoms with Gasteiger partial charge in [0, 0.05) is 16.1 Å². The number of nitrogens with one attached hydrogen (secondary N) is 1. The van der Waals surface area contributed by atoms with E-state index in [9.17, 15) is 14.4 Å². The van der Waals surface area contributed by atoms with Crippen molar-refractivity contribution in [3.05, 3.63) is 74.1 Å². The summed E-state index contributed by atoms with van der Waals surface area (Å²) in [5, 5.41) is 12.3. The first kappa shape index (κ1) is 17.0. The highest BCUT2D eigenvalue weighted by Gasteiger charge is 2.16. The Balaban J connectivity index is 2.00. The van der Waals surface area contributed by atoms with Crippen LogP contribution in [0.4, 0.5) is 5.69 Å². The van der Waals surface area contributed by atoms with Crippen molar-refractivity contribution in [3.63, 3.8) is 0 Å². The summed E-state index contributed by atoms with van der Waals surface area (Å²) in [6, 6.07) is 9.87. The fraction of sp³-hybridized carbons (Fsp3) is 0. The second-order valence-electron chi connectivity index (χ2n) is 5.09. The standard InChI is InChI=1S/C17H9Cl2NO5/c18-10-4-9-6-12(17(24)25-14(9)13(19)7-10)15(21)20-11-3-1-2-8(5-11)16(22)23/h1-7H,(H,20,21)(H,22,23). The number of fused-ring (bicyclic) bond motifs is 1. The van der Waals surface area contributed by atoms with E-state index in [1.165, 1.54) is 42.5 Å². The fourth-order valence-corrected chi connectivity index (χ4v) is 2.79. The molecule has 0 fully saturated rings. The van der Waals surface area contributed by atoms with Crippen LogP contribution < -0.4 is 10.9 Å². The van der Waals surface area contributed by atoms with E-state index in [2.05, 4.69) is 5.32 Å². The molecule has 0 aliphatic carbocycles. The molecule has 0 spiro atoms. The van der Waals surface area contributed by atoms with Gasteiger partial charge in [-0.2, -0.15) is 0 Å². The molecule has 8 heteroatoms. The lowest BCUT2D eigenvalue weighted by Crippen LogP contribution is -2.20. The quantitative estimate of drug-likeness (QED) is 0.671. The highest BCUT2D eigenvalue weighted by molar-refractivity contribution is 6.38. The van der Waals surface area contributed by atoms with Gasteiger partial charge in [-0.25, -0.2) is 9.59 Å². The molecular weight excluding hydrogens is 369 g/mol. The molecule has 0 unspecified atom stereocenters. The zero-order chi connectivity index (χ0) is 18.1. The lowest BCUT2D eigenvalue weighted by Gasteiger charge is -2.07. The maximum absolute atomic E-state index is 12.3. The number of amides is 1. The number of carbonyl (C=O) groups excluding carboxylic acids is 1. The second-order valence-corrected chi connectivity index (χ2v) is 5.94. The Labute approximate surface area is 150 Å². The minimum absolute atomic E-state index is 0.00177. The molecule has 1 heterocycles. The largest absolute Gasteiger partial charge is 0.478 e. The molecule has 2 N–H and O–H groups in total. The summed E-state index contributed by atoms with van der Waals surface area (Å²) in [6.45, 7) is 0. The van der Waals surface area contributed by atoms with E-state index in [0.717, 1.165) is 0 Å². The van der Waals surface area contributed by atoms with Gasteiger partial charge < -0.3 is 14.8 Å². The van der Waals surface area contributed by atoms with Crippen LogP contribution in [-0.2, 0) is 0 Å². The van der Waals surface area contributed by atoms with Crippen LogP contribution in [0.1, 0.15) is 20.7 Å². The van der Waals surface area contributed by atoms with Gasteiger partial charge in [0.25, 0.3) is 5.91 Å². The summed E-state index contributed by atoms with van der Waals surface area (Å²) in [7, 11) is 0. The minimum atomic E-state index is -1.13. The molecule has 3 rings (SSSR count). The Hall–Kier alpha value is -2.83. The first-order chi connectivity index (χ1) is 11.8. The normalized spacial score (nSPS) is 10.6. The lowest BCUT2D eigenvalue weighted by molar-refractivity contribution is 0.0696. The Kier molecular flexibility index (Phi) is 4.48. The Bertz CT molecular complexity index is 1070. The van der Waals surface area contributed by atoms with E-state index in [-0.39, 0.29) is 27.4 Å². The van der Waals surface area contributed by atoms with Crippen molar-refractivity contribution >= 4 is 51.7 Å². The molecule has 1 amide bonds. The average molecular weight is 378 g/mol. The van der Waals surface area contributed by atoms with Crippen LogP contribution in [-0.4, -0.2) is 17.0 Å². The van der Waals surface area contributed by atoms with Gasteiger partial charge >= 0.3 is 11.6 Å². The van der Waals surface area contributed by atoms with Crippen molar-refractivity contribution in [1.29, 1.82) is 0 Å². The molecule has 25 heavy (non-hydrogen) atoms. The van der Waals surface area contributed by atoms with Crippen LogP contribution in [0.25, 0.3) is 11.0 Å². The van der Waals surface area contributed by atoms with Gasteiger partial charge in [0.1, 0.15) is 5.56 Å². The monoisotopic (exact) mass is 377 g/mol. The molecule has 0 aliphatic rings. The third-order valence-corrected chi connectivity index (χ3v) is 3.86. The molecule has 3 aromatic rings. The number of aromatic carboxylic acids is 1. The number of benzene rings is 2. The summed E-state index contributed by atoms with van der Waals surface area (Å²) in [5.41, 5.74) is -0.772. The zero-order valence-corrected chi connectivity index (χ0v) is 13.9. The van der Waals surface area contributed by atoms with Crippen molar-refractivity contribution in [2.75, 3.05) is 5.32 Å². The van der Waals surface area contributed by atoms with E-state index in [1.807, 2.05) is 0 Å². The van der Waals surface area contributed by atoms with Crippen LogP contribution in [0, 0.1) is 0 Å². The maximum Gasteiger partial charge on any atom is 0.349 e. The highest BCUT2D eigenvalue weighted by Crippen LogP contribution is 2.27. The first-order valence-electron chi connectivity index (χ1n) is 6.93. The molecule has 126 valence electrons. The number of anilines is 1. The van der Waals surface area contributed by atoms with Crippen LogP contribution in [0.3, 0.4) is 0 Å². The number of carbonyl (C=O) groups is 2. The third kappa shape index (κ3) is 3.50. The van der Waals surface area contributed by atoms with Gasteiger partial charge in [0.05, 0.1) is 10.6 Å². The number of hydrogen-bond acceptors (Lipinski definition) is 4. The summed E-state index contributed by atoms with van der Waals surface area (Å²) in [6.07, 6.45) is 0. The predicted molar refractivity (Wildman–Crippen MR) is 93.9 cm³/mol. The molecule has 0 radical (unpaired) electrons. The summed E-state index contributed by atoms with van der Waals surface area (Å²) in [5.74, 6) is -1.88. The molecule has 0 saturated carbocycles. The third-order valence-electron chi connectivity index (χ3n) is 3.36. The molecule has 1 aromatic heterocycles. The fourth-order valence-electron chi connectivity index (χ4n) is 2.24. The number of rotatable bonds is 3. The van der Waals surface area contributed by atoms with Crippen LogP contribution in [0.15, 0.2) is 51.7 Å². The predicted octanol–water partition coefficient (Wildman–Crippen LogP) is 4.05. The second kappa shape index (κ2) is 6.58. The molecule has 6 nitrogen and oxygen atoms in total. The van der Waals surface area contributed by atoms with E-state index in [1.54, 1.807) is 0 Å². The Morgan fingerprint density at radius 1 is 1.08 bits per heavy atom. The van der Waals surface area contributed by atoms with Crippen molar-refractivity contribution < 1.29 is 19.1 Å². The van der Waals surface area contributed by atoms with Gasteiger partial charge in [-0.15, -0.1) is 0 Å². The smallest absolute Gasteiger partial charge is 0.349 e. The maximum atomic E-state index is 12.3. The molecular formula is C17H9Cl2NO5. The Morgan fingerprint density at radius 3 is 2.56 bits per heavy atom. The minimum Gasteiger partial charge on any atom is -0.478 e. The number of halogens is 2. The van der Waals surface area contributed by atoms with Gasteiger partial charge in [0.15, 0.2) is 5.58 Å². The topological polar surface area (TPSA) is 96.6 Å². The highest BCUT2D eigenvalue weighted by atomic mass is 35.5. The van der Waals surface area contributed by atoms with Gasteiger partial charge in [0.2, 0.25) is 0 Å². The van der Waals surface area contributed by atoms with Crippen LogP contribution >= 0.6 is 23.2 Å². The van der Waals surface area contributed by atoms with Gasteiger partial charge in [-0.1, -0.05) is 29.3 Å². The number of carboxylic acid groups (broad SMARTS) is 1. The molecule has 0 atom stereocenters. The number of hydrogen-bond donors (Lipinski definition) is 2. The molecule has 0 aliphatic heterocycles. The molecule has 0 bridgehead atoms. The summed E-state index contributed by atoms with van der Waals surface area (Å²) in [4.78, 5) is 35.4. The van der Waals surface area contributed by atoms with E-state index < -0.39 is 17.5 Å². The van der Waals surface area contributed by atoms with E-state index in [0.29, 0.717) is 10.4 Å². The lowest BCUT2D eigenvalue weighted by atomic mass is 10.1. The van der Waals surface area contributed by atoms with Crippen LogP contribution in [0.2, 0.25) is 10.0 Å². The van der Waals surface area contributed by atoms with Crippen molar-refractivity contribution in [2.45, 2.75) is 0 Å². The van der Waals surface area contributed by atoms with Gasteiger partial charge in [-0.05, 0) is 36.4 Å². The van der Waals surface area contributed by atoms with Crippen LogP contribution in [0.5, 0.6) is 0 Å². The number of carboxylic acids is 1. The van der Waals surface area contributed by atoms with Crippen molar-refractivity contribution in [1.82, 2.24) is 0 Å². The molecule has 0 saturated heterocycles. The summed E-state index contributed by atoms with van der Waals surface area (Å²) < 4.78 is 5.10.